The highest BCUT2D eigenvalue weighted by Crippen LogP contribution is 2.27. The smallest absolute Gasteiger partial charge is 0.246 e. The molecule has 3 aromatic carbocycles. The van der Waals surface area contributed by atoms with Gasteiger partial charge >= 0.3 is 0 Å². The van der Waals surface area contributed by atoms with Crippen LogP contribution in [0.5, 0.6) is 0 Å². The van der Waals surface area contributed by atoms with Crippen LogP contribution in [-0.2, 0) is 16.0 Å². The Labute approximate surface area is 196 Å². The molecule has 170 valence electrons. The van der Waals surface area contributed by atoms with Crippen LogP contribution in [-0.4, -0.2) is 36.3 Å². The Hall–Kier alpha value is -3.44. The molecule has 5 nitrogen and oxygen atoms in total. The Morgan fingerprint density at radius 3 is 2.09 bits per heavy atom. The summed E-state index contributed by atoms with van der Waals surface area (Å²) in [6.45, 7) is 4.47. The molecule has 0 aromatic heterocycles. The molecule has 0 spiro atoms. The third-order valence-electron chi connectivity index (χ3n) is 6.13. The van der Waals surface area contributed by atoms with Crippen molar-refractivity contribution in [3.05, 3.63) is 96.1 Å². The molecule has 2 amide bonds. The molecular weight excluding hydrogens is 410 g/mol. The fraction of sp³-hybridized carbons (Fsp3) is 0.286. The maximum atomic E-state index is 13.2. The lowest BCUT2D eigenvalue weighted by atomic mass is 10.0. The van der Waals surface area contributed by atoms with Crippen LogP contribution in [0, 0.1) is 0 Å². The number of para-hydroxylation sites is 1. The Morgan fingerprint density at radius 2 is 1.48 bits per heavy atom. The molecule has 1 N–H and O–H groups in total. The topological polar surface area (TPSA) is 52.7 Å². The van der Waals surface area contributed by atoms with Crippen molar-refractivity contribution in [3.63, 3.8) is 0 Å². The molecule has 5 heteroatoms. The second-order valence-electron chi connectivity index (χ2n) is 8.39. The van der Waals surface area contributed by atoms with Crippen LogP contribution in [0.15, 0.2) is 84.9 Å². The van der Waals surface area contributed by atoms with Crippen molar-refractivity contribution in [2.45, 2.75) is 32.2 Å². The number of likely N-dealkylation sites (N-methyl/N-ethyl adjacent to an activating group) is 1. The number of anilines is 2. The molecule has 1 aliphatic rings. The first-order valence-corrected chi connectivity index (χ1v) is 11.7. The minimum atomic E-state index is -0.293. The molecule has 1 aliphatic heterocycles. The summed E-state index contributed by atoms with van der Waals surface area (Å²) in [7, 11) is 0. The van der Waals surface area contributed by atoms with E-state index in [4.69, 9.17) is 0 Å². The van der Waals surface area contributed by atoms with Gasteiger partial charge in [-0.2, -0.15) is 0 Å². The number of carbonyl (C=O) groups is 2. The number of nitrogens with one attached hydrogen (secondary N) is 1. The van der Waals surface area contributed by atoms with Gasteiger partial charge in [-0.15, -0.1) is 0 Å². The van der Waals surface area contributed by atoms with Crippen molar-refractivity contribution in [2.24, 2.45) is 0 Å². The van der Waals surface area contributed by atoms with E-state index in [9.17, 15) is 9.59 Å². The summed E-state index contributed by atoms with van der Waals surface area (Å²) in [6, 6.07) is 27.0. The van der Waals surface area contributed by atoms with Crippen molar-refractivity contribution >= 4 is 23.2 Å². The lowest BCUT2D eigenvalue weighted by Crippen LogP contribution is -2.35. The summed E-state index contributed by atoms with van der Waals surface area (Å²) in [5.41, 5.74) is 3.58. The molecule has 3 aromatic rings. The molecule has 1 unspecified atom stereocenters. The van der Waals surface area contributed by atoms with Crippen molar-refractivity contribution in [2.75, 3.05) is 29.9 Å². The molecule has 0 bridgehead atoms. The minimum Gasteiger partial charge on any atom is -0.324 e. The molecule has 1 atom stereocenters. The van der Waals surface area contributed by atoms with Crippen molar-refractivity contribution in [3.8, 4) is 0 Å². The molecule has 0 saturated carbocycles. The largest absolute Gasteiger partial charge is 0.324 e. The average Bonchev–Trinajstić information content (AvgIpc) is 3.37. The van der Waals surface area contributed by atoms with Crippen LogP contribution < -0.4 is 10.2 Å². The number of likely N-dealkylation sites (tertiary alicyclic amines) is 1. The number of carbonyl (C=O) groups excluding carboxylic acids is 2. The normalized spacial score (nSPS) is 14.6. The van der Waals surface area contributed by atoms with Crippen LogP contribution in [0.1, 0.15) is 36.9 Å². The third kappa shape index (κ3) is 5.68. The first-order chi connectivity index (χ1) is 16.2. The van der Waals surface area contributed by atoms with Gasteiger partial charge in [0.25, 0.3) is 0 Å². The number of rotatable bonds is 8. The first kappa shape index (κ1) is 22.7. The number of benzene rings is 3. The van der Waals surface area contributed by atoms with E-state index in [0.29, 0.717) is 13.0 Å². The molecule has 4 rings (SSSR count). The summed E-state index contributed by atoms with van der Waals surface area (Å²) >= 11 is 0. The highest BCUT2D eigenvalue weighted by molar-refractivity contribution is 5.96. The zero-order valence-electron chi connectivity index (χ0n) is 19.1. The van der Waals surface area contributed by atoms with Crippen LogP contribution >= 0.6 is 0 Å². The number of hydrogen-bond acceptors (Lipinski definition) is 3. The van der Waals surface area contributed by atoms with Gasteiger partial charge in [-0.1, -0.05) is 60.7 Å². The fourth-order valence-electron chi connectivity index (χ4n) is 4.46. The molecule has 0 radical (unpaired) electrons. The van der Waals surface area contributed by atoms with Crippen LogP contribution in [0.3, 0.4) is 0 Å². The van der Waals surface area contributed by atoms with E-state index in [1.54, 1.807) is 4.90 Å². The van der Waals surface area contributed by atoms with Gasteiger partial charge in [0, 0.05) is 17.9 Å². The lowest BCUT2D eigenvalue weighted by Gasteiger charge is -2.27. The second-order valence-corrected chi connectivity index (χ2v) is 8.39. The fourth-order valence-corrected chi connectivity index (χ4v) is 4.46. The van der Waals surface area contributed by atoms with Gasteiger partial charge < -0.3 is 10.2 Å². The molecule has 1 saturated heterocycles. The zero-order chi connectivity index (χ0) is 23.0. The highest BCUT2D eigenvalue weighted by Gasteiger charge is 2.29. The summed E-state index contributed by atoms with van der Waals surface area (Å²) in [6.07, 6.45) is 2.56. The second kappa shape index (κ2) is 10.9. The predicted octanol–water partition coefficient (Wildman–Crippen LogP) is 5.06. The quantitative estimate of drug-likeness (QED) is 0.532. The van der Waals surface area contributed by atoms with E-state index < -0.39 is 0 Å². The molecule has 1 heterocycles. The first-order valence-electron chi connectivity index (χ1n) is 11.7. The summed E-state index contributed by atoms with van der Waals surface area (Å²) < 4.78 is 0. The van der Waals surface area contributed by atoms with Gasteiger partial charge in [-0.05, 0) is 68.2 Å². The Kier molecular flexibility index (Phi) is 7.53. The SMILES string of the molecule is CCN(C(=O)Cc1ccc(NC(=O)C(c2ccccc2)N2CCCC2)cc1)c1ccccc1. The molecular formula is C28H31N3O2. The molecule has 33 heavy (non-hydrogen) atoms. The van der Waals surface area contributed by atoms with E-state index in [-0.39, 0.29) is 17.9 Å². The summed E-state index contributed by atoms with van der Waals surface area (Å²) in [4.78, 5) is 30.1. The number of nitrogens with zero attached hydrogens (tertiary/aromatic N) is 2. The highest BCUT2D eigenvalue weighted by atomic mass is 16.2. The van der Waals surface area contributed by atoms with Gasteiger partial charge in [0.2, 0.25) is 11.8 Å². The summed E-state index contributed by atoms with van der Waals surface area (Å²) in [5.74, 6) is 0.0341. The van der Waals surface area contributed by atoms with Crippen molar-refractivity contribution in [1.29, 1.82) is 0 Å². The van der Waals surface area contributed by atoms with Gasteiger partial charge in [-0.25, -0.2) is 0 Å². The van der Waals surface area contributed by atoms with Crippen LogP contribution in [0.4, 0.5) is 11.4 Å². The third-order valence-corrected chi connectivity index (χ3v) is 6.13. The van der Waals surface area contributed by atoms with Crippen LogP contribution in [0.25, 0.3) is 0 Å². The molecule has 1 fully saturated rings. The van der Waals surface area contributed by atoms with E-state index in [0.717, 1.165) is 48.4 Å². The van der Waals surface area contributed by atoms with E-state index >= 15 is 0 Å². The van der Waals surface area contributed by atoms with Crippen molar-refractivity contribution < 1.29 is 9.59 Å². The van der Waals surface area contributed by atoms with Crippen molar-refractivity contribution in [1.82, 2.24) is 4.90 Å². The van der Waals surface area contributed by atoms with E-state index in [1.807, 2.05) is 91.9 Å². The van der Waals surface area contributed by atoms with Gasteiger partial charge in [0.1, 0.15) is 6.04 Å². The standard InChI is InChI=1S/C28H31N3O2/c1-2-31(25-13-7-4-8-14-25)26(32)21-22-15-17-24(18-16-22)29-28(33)27(30-19-9-10-20-30)23-11-5-3-6-12-23/h3-8,11-18,27H,2,9-10,19-21H2,1H3,(H,29,33). The number of amides is 2. The zero-order valence-corrected chi connectivity index (χ0v) is 19.1. The summed E-state index contributed by atoms with van der Waals surface area (Å²) in [5, 5.41) is 3.08. The Bertz CT molecular complexity index is 1050. The predicted molar refractivity (Wildman–Crippen MR) is 133 cm³/mol. The monoisotopic (exact) mass is 441 g/mol. The Morgan fingerprint density at radius 1 is 0.879 bits per heavy atom. The van der Waals surface area contributed by atoms with Crippen LogP contribution in [0.2, 0.25) is 0 Å². The maximum Gasteiger partial charge on any atom is 0.246 e. The minimum absolute atomic E-state index is 0.0202. The average molecular weight is 442 g/mol. The molecule has 0 aliphatic carbocycles. The van der Waals surface area contributed by atoms with Gasteiger partial charge in [0.05, 0.1) is 6.42 Å². The van der Waals surface area contributed by atoms with E-state index in [2.05, 4.69) is 10.2 Å². The van der Waals surface area contributed by atoms with Gasteiger partial charge in [-0.3, -0.25) is 14.5 Å². The number of hydrogen-bond donors (Lipinski definition) is 1. The van der Waals surface area contributed by atoms with E-state index in [1.165, 1.54) is 0 Å². The lowest BCUT2D eigenvalue weighted by molar-refractivity contribution is -0.121. The van der Waals surface area contributed by atoms with Gasteiger partial charge in [0.15, 0.2) is 0 Å². The Balaban J connectivity index is 1.42. The maximum absolute atomic E-state index is 13.2.